The van der Waals surface area contributed by atoms with Gasteiger partial charge in [0.25, 0.3) is 5.91 Å². The van der Waals surface area contributed by atoms with Crippen molar-refractivity contribution in [3.05, 3.63) is 102 Å². The Morgan fingerprint density at radius 1 is 0.875 bits per heavy atom. The van der Waals surface area contributed by atoms with Crippen LogP contribution in [0.3, 0.4) is 0 Å². The Morgan fingerprint density at radius 3 is 2.09 bits per heavy atom. The molecule has 0 aliphatic rings. The number of amides is 2. The van der Waals surface area contributed by atoms with E-state index in [-0.39, 0.29) is 18.4 Å². The molecule has 0 aliphatic heterocycles. The number of ether oxygens (including phenoxy) is 1. The molecule has 0 bridgehead atoms. The summed E-state index contributed by atoms with van der Waals surface area (Å²) in [6.07, 6.45) is 1.87. The quantitative estimate of drug-likeness (QED) is 0.447. The van der Waals surface area contributed by atoms with Crippen LogP contribution in [0.1, 0.15) is 36.9 Å². The molecule has 0 heterocycles. The zero-order chi connectivity index (χ0) is 22.6. The van der Waals surface area contributed by atoms with Gasteiger partial charge in [-0.15, -0.1) is 0 Å². The van der Waals surface area contributed by atoms with Gasteiger partial charge in [0.05, 0.1) is 0 Å². The SMILES string of the molecule is CCCCNC(=O)[C@H](c1ccccc1)N(Cc1ccccc1)C(=O)COc1ccccc1. The second-order valence-corrected chi connectivity index (χ2v) is 7.57. The third-order valence-corrected chi connectivity index (χ3v) is 5.13. The third-order valence-electron chi connectivity index (χ3n) is 5.13. The van der Waals surface area contributed by atoms with Gasteiger partial charge in [0.2, 0.25) is 5.91 Å². The number of unbranched alkanes of at least 4 members (excludes halogenated alkanes) is 1. The molecule has 5 heteroatoms. The fraction of sp³-hybridized carbons (Fsp3) is 0.259. The maximum Gasteiger partial charge on any atom is 0.261 e. The third kappa shape index (κ3) is 6.71. The van der Waals surface area contributed by atoms with Crippen LogP contribution in [0.15, 0.2) is 91.0 Å². The van der Waals surface area contributed by atoms with Crippen LogP contribution in [0, 0.1) is 0 Å². The van der Waals surface area contributed by atoms with Crippen molar-refractivity contribution in [3.8, 4) is 5.75 Å². The van der Waals surface area contributed by atoms with Crippen LogP contribution in [0.4, 0.5) is 0 Å². The molecule has 0 spiro atoms. The minimum absolute atomic E-state index is 0.150. The molecule has 5 nitrogen and oxygen atoms in total. The number of carbonyl (C=O) groups excluding carboxylic acids is 2. The van der Waals surface area contributed by atoms with Crippen molar-refractivity contribution in [1.29, 1.82) is 0 Å². The van der Waals surface area contributed by atoms with Gasteiger partial charge in [0.1, 0.15) is 11.8 Å². The van der Waals surface area contributed by atoms with E-state index in [0.717, 1.165) is 24.0 Å². The fourth-order valence-corrected chi connectivity index (χ4v) is 3.44. The molecule has 3 aromatic carbocycles. The zero-order valence-corrected chi connectivity index (χ0v) is 18.4. The van der Waals surface area contributed by atoms with Gasteiger partial charge in [0.15, 0.2) is 6.61 Å². The number of rotatable bonds is 11. The number of hydrogen-bond acceptors (Lipinski definition) is 3. The van der Waals surface area contributed by atoms with Crippen LogP contribution < -0.4 is 10.1 Å². The van der Waals surface area contributed by atoms with Gasteiger partial charge in [0, 0.05) is 13.1 Å². The number of nitrogens with one attached hydrogen (secondary N) is 1. The van der Waals surface area contributed by atoms with Crippen LogP contribution in [0.5, 0.6) is 5.75 Å². The molecular weight excluding hydrogens is 400 g/mol. The monoisotopic (exact) mass is 430 g/mol. The van der Waals surface area contributed by atoms with E-state index < -0.39 is 6.04 Å². The minimum Gasteiger partial charge on any atom is -0.484 e. The molecule has 0 saturated heterocycles. The predicted octanol–water partition coefficient (Wildman–Crippen LogP) is 4.75. The lowest BCUT2D eigenvalue weighted by Gasteiger charge is -2.31. The van der Waals surface area contributed by atoms with Crippen LogP contribution in [0.2, 0.25) is 0 Å². The Balaban J connectivity index is 1.88. The minimum atomic E-state index is -0.750. The smallest absolute Gasteiger partial charge is 0.261 e. The summed E-state index contributed by atoms with van der Waals surface area (Å²) in [6.45, 7) is 2.81. The van der Waals surface area contributed by atoms with Crippen molar-refractivity contribution >= 4 is 11.8 Å². The van der Waals surface area contributed by atoms with E-state index in [9.17, 15) is 9.59 Å². The lowest BCUT2D eigenvalue weighted by molar-refractivity contribution is -0.143. The summed E-state index contributed by atoms with van der Waals surface area (Å²) < 4.78 is 5.73. The van der Waals surface area contributed by atoms with Gasteiger partial charge >= 0.3 is 0 Å². The maximum absolute atomic E-state index is 13.4. The summed E-state index contributed by atoms with van der Waals surface area (Å²) >= 11 is 0. The van der Waals surface area contributed by atoms with Gasteiger partial charge in [-0.05, 0) is 29.7 Å². The molecule has 1 atom stereocenters. The first-order valence-corrected chi connectivity index (χ1v) is 11.0. The molecule has 0 radical (unpaired) electrons. The van der Waals surface area contributed by atoms with E-state index in [1.807, 2.05) is 78.9 Å². The molecule has 0 unspecified atom stereocenters. The molecular formula is C27H30N2O3. The molecule has 1 N–H and O–H groups in total. The van der Waals surface area contributed by atoms with E-state index in [1.165, 1.54) is 0 Å². The average molecular weight is 431 g/mol. The van der Waals surface area contributed by atoms with E-state index in [2.05, 4.69) is 12.2 Å². The number of hydrogen-bond donors (Lipinski definition) is 1. The Labute approximate surface area is 190 Å². The molecule has 166 valence electrons. The summed E-state index contributed by atoms with van der Waals surface area (Å²) in [5.41, 5.74) is 1.72. The Kier molecular flexibility index (Phi) is 8.87. The Hall–Kier alpha value is -3.60. The van der Waals surface area contributed by atoms with Crippen molar-refractivity contribution < 1.29 is 14.3 Å². The zero-order valence-electron chi connectivity index (χ0n) is 18.4. The molecule has 0 fully saturated rings. The highest BCUT2D eigenvalue weighted by molar-refractivity contribution is 5.89. The van der Waals surface area contributed by atoms with Crippen molar-refractivity contribution in [1.82, 2.24) is 10.2 Å². The molecule has 3 rings (SSSR count). The number of nitrogens with zero attached hydrogens (tertiary/aromatic N) is 1. The van der Waals surface area contributed by atoms with Gasteiger partial charge in [-0.3, -0.25) is 9.59 Å². The largest absolute Gasteiger partial charge is 0.484 e. The molecule has 3 aromatic rings. The van der Waals surface area contributed by atoms with Crippen molar-refractivity contribution in [2.45, 2.75) is 32.4 Å². The standard InChI is InChI=1S/C27H30N2O3/c1-2-3-19-28-27(31)26(23-15-9-5-10-16-23)29(20-22-13-7-4-8-14-22)25(30)21-32-24-17-11-6-12-18-24/h4-18,26H,2-3,19-21H2,1H3,(H,28,31)/t26-/m0/s1. The lowest BCUT2D eigenvalue weighted by atomic mass is 10.0. The second-order valence-electron chi connectivity index (χ2n) is 7.57. The lowest BCUT2D eigenvalue weighted by Crippen LogP contribution is -2.45. The number of para-hydroxylation sites is 1. The van der Waals surface area contributed by atoms with E-state index >= 15 is 0 Å². The Morgan fingerprint density at radius 2 is 1.47 bits per heavy atom. The van der Waals surface area contributed by atoms with Crippen molar-refractivity contribution in [2.75, 3.05) is 13.2 Å². The predicted molar refractivity (Wildman–Crippen MR) is 126 cm³/mol. The highest BCUT2D eigenvalue weighted by Crippen LogP contribution is 2.24. The normalized spacial score (nSPS) is 11.4. The van der Waals surface area contributed by atoms with Gasteiger partial charge < -0.3 is 15.0 Å². The van der Waals surface area contributed by atoms with Gasteiger partial charge in [-0.2, -0.15) is 0 Å². The molecule has 0 saturated carbocycles. The first-order valence-electron chi connectivity index (χ1n) is 11.0. The summed E-state index contributed by atoms with van der Waals surface area (Å²) in [7, 11) is 0. The Bertz CT molecular complexity index is 962. The molecule has 0 aromatic heterocycles. The van der Waals surface area contributed by atoms with Crippen LogP contribution in [0.25, 0.3) is 0 Å². The van der Waals surface area contributed by atoms with Crippen LogP contribution in [-0.4, -0.2) is 29.9 Å². The molecule has 32 heavy (non-hydrogen) atoms. The molecule has 0 aliphatic carbocycles. The van der Waals surface area contributed by atoms with Gasteiger partial charge in [-0.1, -0.05) is 92.2 Å². The summed E-state index contributed by atoms with van der Waals surface area (Å²) in [5.74, 6) is 0.176. The molecule has 2 amide bonds. The topological polar surface area (TPSA) is 58.6 Å². The van der Waals surface area contributed by atoms with Gasteiger partial charge in [-0.25, -0.2) is 0 Å². The number of carbonyl (C=O) groups is 2. The first-order chi connectivity index (χ1) is 15.7. The van der Waals surface area contributed by atoms with E-state index in [0.29, 0.717) is 18.8 Å². The second kappa shape index (κ2) is 12.3. The fourth-order valence-electron chi connectivity index (χ4n) is 3.44. The highest BCUT2D eigenvalue weighted by atomic mass is 16.5. The summed E-state index contributed by atoms with van der Waals surface area (Å²) in [5, 5.41) is 3.00. The van der Waals surface area contributed by atoms with Crippen molar-refractivity contribution in [2.24, 2.45) is 0 Å². The van der Waals surface area contributed by atoms with Crippen LogP contribution >= 0.6 is 0 Å². The average Bonchev–Trinajstić information content (AvgIpc) is 2.84. The van der Waals surface area contributed by atoms with E-state index in [1.54, 1.807) is 17.0 Å². The first kappa shape index (κ1) is 23.1. The maximum atomic E-state index is 13.4. The summed E-state index contributed by atoms with van der Waals surface area (Å²) in [6, 6.07) is 27.6. The van der Waals surface area contributed by atoms with Crippen LogP contribution in [-0.2, 0) is 16.1 Å². The van der Waals surface area contributed by atoms with Crippen molar-refractivity contribution in [3.63, 3.8) is 0 Å². The number of benzene rings is 3. The summed E-state index contributed by atoms with van der Waals surface area (Å²) in [4.78, 5) is 28.3. The van der Waals surface area contributed by atoms with E-state index in [4.69, 9.17) is 4.74 Å². The highest BCUT2D eigenvalue weighted by Gasteiger charge is 2.31.